The first kappa shape index (κ1) is 14.5. The SMILES string of the molecule is CCC(C)c1ccc2c(n1)C(C)(C)CNC2.Cl. The molecule has 0 fully saturated rings. The highest BCUT2D eigenvalue weighted by atomic mass is 35.5. The fourth-order valence-electron chi connectivity index (χ4n) is 2.31. The van der Waals surface area contributed by atoms with Crippen LogP contribution >= 0.6 is 12.4 Å². The molecule has 96 valence electrons. The molecule has 2 heterocycles. The molecule has 0 aromatic carbocycles. The van der Waals surface area contributed by atoms with Crippen molar-refractivity contribution >= 4 is 12.4 Å². The smallest absolute Gasteiger partial charge is 0.0520 e. The van der Waals surface area contributed by atoms with E-state index in [0.29, 0.717) is 5.92 Å². The number of nitrogens with zero attached hydrogens (tertiary/aromatic N) is 1. The van der Waals surface area contributed by atoms with Gasteiger partial charge in [0.15, 0.2) is 0 Å². The highest BCUT2D eigenvalue weighted by Gasteiger charge is 2.29. The van der Waals surface area contributed by atoms with Crippen molar-refractivity contribution in [2.24, 2.45) is 0 Å². The van der Waals surface area contributed by atoms with Gasteiger partial charge in [-0.25, -0.2) is 0 Å². The zero-order valence-electron chi connectivity index (χ0n) is 11.2. The number of hydrogen-bond donors (Lipinski definition) is 1. The van der Waals surface area contributed by atoms with E-state index in [9.17, 15) is 0 Å². The van der Waals surface area contributed by atoms with Gasteiger partial charge in [0.1, 0.15) is 0 Å². The van der Waals surface area contributed by atoms with E-state index in [1.165, 1.54) is 17.0 Å². The lowest BCUT2D eigenvalue weighted by Crippen LogP contribution is -2.39. The van der Waals surface area contributed by atoms with Gasteiger partial charge in [-0.3, -0.25) is 4.98 Å². The maximum Gasteiger partial charge on any atom is 0.0520 e. The fourth-order valence-corrected chi connectivity index (χ4v) is 2.31. The number of aromatic nitrogens is 1. The molecule has 1 aromatic heterocycles. The van der Waals surface area contributed by atoms with Crippen LogP contribution in [0, 0.1) is 0 Å². The molecule has 0 bridgehead atoms. The molecule has 1 aromatic rings. The third-order valence-corrected chi connectivity index (χ3v) is 3.64. The van der Waals surface area contributed by atoms with Gasteiger partial charge in [0.05, 0.1) is 5.69 Å². The van der Waals surface area contributed by atoms with Crippen LogP contribution < -0.4 is 5.32 Å². The molecule has 0 amide bonds. The molecule has 1 atom stereocenters. The molecule has 0 saturated carbocycles. The quantitative estimate of drug-likeness (QED) is 0.875. The topological polar surface area (TPSA) is 24.9 Å². The summed E-state index contributed by atoms with van der Waals surface area (Å²) in [4.78, 5) is 4.90. The Hall–Kier alpha value is -0.600. The minimum absolute atomic E-state index is 0. The van der Waals surface area contributed by atoms with E-state index in [0.717, 1.165) is 19.5 Å². The number of nitrogens with one attached hydrogen (secondary N) is 1. The normalized spacial score (nSPS) is 19.1. The van der Waals surface area contributed by atoms with Gasteiger partial charge in [-0.2, -0.15) is 0 Å². The Bertz CT molecular complexity index is 388. The second-order valence-corrected chi connectivity index (χ2v) is 5.54. The molecular weight excluding hydrogens is 232 g/mol. The Balaban J connectivity index is 0.00000144. The maximum atomic E-state index is 4.90. The van der Waals surface area contributed by atoms with Crippen LogP contribution in [0.3, 0.4) is 0 Å². The first-order valence-electron chi connectivity index (χ1n) is 6.25. The largest absolute Gasteiger partial charge is 0.312 e. The van der Waals surface area contributed by atoms with Crippen molar-refractivity contribution in [1.29, 1.82) is 0 Å². The molecule has 0 saturated heterocycles. The van der Waals surface area contributed by atoms with Gasteiger partial charge in [0.2, 0.25) is 0 Å². The third kappa shape index (κ3) is 2.80. The van der Waals surface area contributed by atoms with Gasteiger partial charge in [-0.15, -0.1) is 12.4 Å². The van der Waals surface area contributed by atoms with Crippen LogP contribution in [0.2, 0.25) is 0 Å². The number of hydrogen-bond acceptors (Lipinski definition) is 2. The Labute approximate surface area is 111 Å². The van der Waals surface area contributed by atoms with Crippen molar-refractivity contribution < 1.29 is 0 Å². The first-order valence-corrected chi connectivity index (χ1v) is 6.25. The summed E-state index contributed by atoms with van der Waals surface area (Å²) >= 11 is 0. The Morgan fingerprint density at radius 2 is 2.12 bits per heavy atom. The summed E-state index contributed by atoms with van der Waals surface area (Å²) in [6.45, 7) is 11.0. The Morgan fingerprint density at radius 1 is 1.41 bits per heavy atom. The third-order valence-electron chi connectivity index (χ3n) is 3.64. The standard InChI is InChI=1S/C14H22N2.ClH/c1-5-10(2)12-7-6-11-8-15-9-14(3,4)13(11)16-12;/h6-7,10,15H,5,8-9H2,1-4H3;1H. The Kier molecular flexibility index (Phi) is 4.56. The average Bonchev–Trinajstić information content (AvgIpc) is 2.27. The highest BCUT2D eigenvalue weighted by molar-refractivity contribution is 5.85. The summed E-state index contributed by atoms with van der Waals surface area (Å²) in [5.74, 6) is 0.566. The summed E-state index contributed by atoms with van der Waals surface area (Å²) in [6.07, 6.45) is 1.16. The molecule has 1 aliphatic rings. The van der Waals surface area contributed by atoms with Gasteiger partial charge in [-0.05, 0) is 24.0 Å². The molecule has 0 aliphatic carbocycles. The zero-order valence-corrected chi connectivity index (χ0v) is 12.0. The highest BCUT2D eigenvalue weighted by Crippen LogP contribution is 2.29. The molecule has 17 heavy (non-hydrogen) atoms. The van der Waals surface area contributed by atoms with Gasteiger partial charge in [-0.1, -0.05) is 33.8 Å². The molecule has 0 spiro atoms. The summed E-state index contributed by atoms with van der Waals surface area (Å²) < 4.78 is 0. The van der Waals surface area contributed by atoms with Crippen molar-refractivity contribution in [3.05, 3.63) is 29.1 Å². The van der Waals surface area contributed by atoms with E-state index < -0.39 is 0 Å². The fraction of sp³-hybridized carbons (Fsp3) is 0.643. The van der Waals surface area contributed by atoms with E-state index in [1.807, 2.05) is 0 Å². The van der Waals surface area contributed by atoms with Gasteiger partial charge >= 0.3 is 0 Å². The summed E-state index contributed by atoms with van der Waals surface area (Å²) in [5, 5.41) is 3.45. The minimum Gasteiger partial charge on any atom is -0.312 e. The van der Waals surface area contributed by atoms with Gasteiger partial charge < -0.3 is 5.32 Å². The molecule has 0 radical (unpaired) electrons. The number of pyridine rings is 1. The van der Waals surface area contributed by atoms with Crippen LogP contribution in [0.25, 0.3) is 0 Å². The lowest BCUT2D eigenvalue weighted by Gasteiger charge is -2.32. The molecule has 1 unspecified atom stereocenters. The molecule has 2 rings (SSSR count). The van der Waals surface area contributed by atoms with E-state index in [4.69, 9.17) is 4.98 Å². The van der Waals surface area contributed by atoms with E-state index >= 15 is 0 Å². The molecule has 2 nitrogen and oxygen atoms in total. The summed E-state index contributed by atoms with van der Waals surface area (Å²) in [5.41, 5.74) is 4.07. The summed E-state index contributed by atoms with van der Waals surface area (Å²) in [6, 6.07) is 4.44. The number of halogens is 1. The first-order chi connectivity index (χ1) is 7.54. The maximum absolute atomic E-state index is 4.90. The molecule has 1 N–H and O–H groups in total. The van der Waals surface area contributed by atoms with Crippen LogP contribution in [-0.2, 0) is 12.0 Å². The van der Waals surface area contributed by atoms with Crippen molar-refractivity contribution in [3.63, 3.8) is 0 Å². The second-order valence-electron chi connectivity index (χ2n) is 5.54. The predicted molar refractivity (Wildman–Crippen MR) is 74.9 cm³/mol. The molecule has 1 aliphatic heterocycles. The van der Waals surface area contributed by atoms with Crippen LogP contribution in [-0.4, -0.2) is 11.5 Å². The van der Waals surface area contributed by atoms with Crippen LogP contribution in [0.5, 0.6) is 0 Å². The lowest BCUT2D eigenvalue weighted by atomic mass is 9.82. The predicted octanol–water partition coefficient (Wildman–Crippen LogP) is 3.40. The second kappa shape index (κ2) is 5.36. The van der Waals surface area contributed by atoms with Crippen LogP contribution in [0.1, 0.15) is 57.0 Å². The van der Waals surface area contributed by atoms with E-state index in [2.05, 4.69) is 45.1 Å². The van der Waals surface area contributed by atoms with Crippen LogP contribution in [0.15, 0.2) is 12.1 Å². The van der Waals surface area contributed by atoms with E-state index in [1.54, 1.807) is 0 Å². The minimum atomic E-state index is 0. The lowest BCUT2D eigenvalue weighted by molar-refractivity contribution is 0.419. The average molecular weight is 255 g/mol. The number of fused-ring (bicyclic) bond motifs is 1. The zero-order chi connectivity index (χ0) is 11.8. The monoisotopic (exact) mass is 254 g/mol. The van der Waals surface area contributed by atoms with Crippen LogP contribution in [0.4, 0.5) is 0 Å². The molecule has 3 heteroatoms. The molecular formula is C14H23ClN2. The van der Waals surface area contributed by atoms with Crippen molar-refractivity contribution in [2.75, 3.05) is 6.54 Å². The summed E-state index contributed by atoms with van der Waals surface area (Å²) in [7, 11) is 0. The van der Waals surface area contributed by atoms with Crippen molar-refractivity contribution in [1.82, 2.24) is 10.3 Å². The van der Waals surface area contributed by atoms with Gasteiger partial charge in [0, 0.05) is 24.2 Å². The number of rotatable bonds is 2. The van der Waals surface area contributed by atoms with Crippen molar-refractivity contribution in [2.45, 2.75) is 52.0 Å². The van der Waals surface area contributed by atoms with Crippen molar-refractivity contribution in [3.8, 4) is 0 Å². The van der Waals surface area contributed by atoms with E-state index in [-0.39, 0.29) is 17.8 Å². The van der Waals surface area contributed by atoms with Gasteiger partial charge in [0.25, 0.3) is 0 Å². The Morgan fingerprint density at radius 3 is 2.76 bits per heavy atom.